The van der Waals surface area contributed by atoms with Gasteiger partial charge < -0.3 is 9.47 Å². The lowest BCUT2D eigenvalue weighted by Gasteiger charge is -2.12. The van der Waals surface area contributed by atoms with Gasteiger partial charge in [0, 0.05) is 16.3 Å². The molecule has 0 radical (unpaired) electrons. The fourth-order valence-electron chi connectivity index (χ4n) is 2.78. The van der Waals surface area contributed by atoms with Gasteiger partial charge in [-0.05, 0) is 31.0 Å². The molecule has 3 rings (SSSR count). The van der Waals surface area contributed by atoms with Crippen LogP contribution in [0.1, 0.15) is 12.8 Å². The first-order chi connectivity index (χ1) is 9.35. The third-order valence-corrected chi connectivity index (χ3v) is 6.23. The van der Waals surface area contributed by atoms with Crippen LogP contribution in [0.15, 0.2) is 35.2 Å². The summed E-state index contributed by atoms with van der Waals surface area (Å²) in [5.41, 5.74) is 0. The van der Waals surface area contributed by atoms with Gasteiger partial charge in [-0.25, -0.2) is 0 Å². The van der Waals surface area contributed by atoms with Gasteiger partial charge >= 0.3 is 0 Å². The van der Waals surface area contributed by atoms with Crippen molar-refractivity contribution in [2.45, 2.75) is 17.7 Å². The van der Waals surface area contributed by atoms with Crippen molar-refractivity contribution < 1.29 is 9.47 Å². The lowest BCUT2D eigenvalue weighted by atomic mass is 10.1. The van der Waals surface area contributed by atoms with Crippen LogP contribution in [-0.2, 0) is 10.9 Å². The molecule has 0 amide bonds. The first-order valence-corrected chi connectivity index (χ1v) is 8.22. The van der Waals surface area contributed by atoms with Crippen LogP contribution in [-0.4, -0.2) is 25.7 Å². The zero-order valence-electron chi connectivity index (χ0n) is 11.4. The van der Waals surface area contributed by atoms with E-state index in [1.807, 2.05) is 12.1 Å². The molecule has 1 aliphatic heterocycles. The van der Waals surface area contributed by atoms with E-state index in [1.165, 1.54) is 40.0 Å². The summed E-state index contributed by atoms with van der Waals surface area (Å²) in [7, 11) is 3.85. The molecule has 0 atom stereocenters. The number of fused-ring (bicyclic) bond motifs is 1. The molecular weight excluding hydrogens is 256 g/mol. The van der Waals surface area contributed by atoms with Crippen LogP contribution in [0.4, 0.5) is 0 Å². The highest BCUT2D eigenvalue weighted by Crippen LogP contribution is 2.39. The van der Waals surface area contributed by atoms with E-state index in [4.69, 9.17) is 9.47 Å². The first-order valence-electron chi connectivity index (χ1n) is 6.66. The second kappa shape index (κ2) is 5.33. The average molecular weight is 275 g/mol. The molecule has 0 bridgehead atoms. The maximum absolute atomic E-state index is 5.58. The molecule has 0 N–H and O–H groups in total. The van der Waals surface area contributed by atoms with Crippen LogP contribution in [0.2, 0.25) is 0 Å². The second-order valence-corrected chi connectivity index (χ2v) is 7.00. The Hall–Kier alpha value is -1.35. The van der Waals surface area contributed by atoms with E-state index < -0.39 is 0 Å². The summed E-state index contributed by atoms with van der Waals surface area (Å²) >= 11 is 0. The molecule has 3 heteroatoms. The van der Waals surface area contributed by atoms with Gasteiger partial charge in [-0.3, -0.25) is 0 Å². The predicted octanol–water partition coefficient (Wildman–Crippen LogP) is 3.63. The van der Waals surface area contributed by atoms with Crippen LogP contribution in [0, 0.1) is 0 Å². The summed E-state index contributed by atoms with van der Waals surface area (Å²) in [5.74, 6) is 4.53. The summed E-state index contributed by atoms with van der Waals surface area (Å²) in [6.45, 7) is 0. The minimum absolute atomic E-state index is 0.377. The Kier molecular flexibility index (Phi) is 3.56. The van der Waals surface area contributed by atoms with Gasteiger partial charge in [0.1, 0.15) is 23.0 Å². The van der Waals surface area contributed by atoms with Crippen molar-refractivity contribution in [3.63, 3.8) is 0 Å². The standard InChI is InChI=1S/C16H19O2S/c1-17-13-8-9-15(19-10-3-4-11-19)16-12(13)6-5-7-14(16)18-2/h5-9H,3-4,10-11H2,1-2H3/q+1. The molecule has 1 aliphatic rings. The van der Waals surface area contributed by atoms with Gasteiger partial charge in [0.25, 0.3) is 0 Å². The van der Waals surface area contributed by atoms with Crippen LogP contribution in [0.25, 0.3) is 10.8 Å². The number of methoxy groups -OCH3 is 2. The van der Waals surface area contributed by atoms with Gasteiger partial charge in [0.05, 0.1) is 19.6 Å². The highest BCUT2D eigenvalue weighted by Gasteiger charge is 2.30. The molecule has 2 nitrogen and oxygen atoms in total. The minimum Gasteiger partial charge on any atom is -0.496 e. The van der Waals surface area contributed by atoms with Crippen molar-refractivity contribution in [2.24, 2.45) is 0 Å². The van der Waals surface area contributed by atoms with E-state index in [0.29, 0.717) is 10.9 Å². The van der Waals surface area contributed by atoms with Gasteiger partial charge in [-0.15, -0.1) is 0 Å². The number of hydrogen-bond acceptors (Lipinski definition) is 2. The second-order valence-electron chi connectivity index (χ2n) is 4.76. The Morgan fingerprint density at radius 2 is 1.63 bits per heavy atom. The molecule has 0 saturated carbocycles. The van der Waals surface area contributed by atoms with E-state index in [1.54, 1.807) is 14.2 Å². The zero-order valence-corrected chi connectivity index (χ0v) is 12.3. The SMILES string of the molecule is COc1ccc([S+]2CCCC2)c2c(OC)cccc12. The van der Waals surface area contributed by atoms with Crippen LogP contribution in [0.5, 0.6) is 11.5 Å². The molecule has 2 aromatic rings. The number of benzene rings is 2. The average Bonchev–Trinajstić information content (AvgIpc) is 2.99. The molecule has 0 aromatic heterocycles. The van der Waals surface area contributed by atoms with Crippen molar-refractivity contribution in [1.82, 2.24) is 0 Å². The van der Waals surface area contributed by atoms with Gasteiger partial charge in [0.2, 0.25) is 0 Å². The Bertz CT molecular complexity index is 589. The highest BCUT2D eigenvalue weighted by molar-refractivity contribution is 7.97. The number of rotatable bonds is 3. The van der Waals surface area contributed by atoms with Crippen LogP contribution < -0.4 is 9.47 Å². The monoisotopic (exact) mass is 275 g/mol. The van der Waals surface area contributed by atoms with Crippen molar-refractivity contribution in [3.05, 3.63) is 30.3 Å². The fourth-order valence-corrected chi connectivity index (χ4v) is 5.29. The molecule has 2 aromatic carbocycles. The molecule has 1 heterocycles. The van der Waals surface area contributed by atoms with Crippen molar-refractivity contribution in [2.75, 3.05) is 25.7 Å². The molecule has 19 heavy (non-hydrogen) atoms. The van der Waals surface area contributed by atoms with Crippen molar-refractivity contribution in [1.29, 1.82) is 0 Å². The topological polar surface area (TPSA) is 18.5 Å². The van der Waals surface area contributed by atoms with E-state index in [9.17, 15) is 0 Å². The van der Waals surface area contributed by atoms with Gasteiger partial charge in [-0.1, -0.05) is 12.1 Å². The lowest BCUT2D eigenvalue weighted by Crippen LogP contribution is -2.05. The fraction of sp³-hybridized carbons (Fsp3) is 0.375. The highest BCUT2D eigenvalue weighted by atomic mass is 32.2. The van der Waals surface area contributed by atoms with E-state index in [2.05, 4.69) is 18.2 Å². The molecule has 0 unspecified atom stereocenters. The molecule has 0 spiro atoms. The largest absolute Gasteiger partial charge is 0.496 e. The molecule has 1 fully saturated rings. The summed E-state index contributed by atoms with van der Waals surface area (Å²) < 4.78 is 11.1. The molecular formula is C16H19O2S+. The minimum atomic E-state index is 0.377. The maximum Gasteiger partial charge on any atom is 0.166 e. The third-order valence-electron chi connectivity index (χ3n) is 3.71. The van der Waals surface area contributed by atoms with Crippen molar-refractivity contribution >= 4 is 21.7 Å². The Labute approximate surface area is 117 Å². The lowest BCUT2D eigenvalue weighted by molar-refractivity contribution is 0.414. The van der Waals surface area contributed by atoms with Crippen LogP contribution in [0.3, 0.4) is 0 Å². The molecule has 100 valence electrons. The number of hydrogen-bond donors (Lipinski definition) is 0. The predicted molar refractivity (Wildman–Crippen MR) is 81.7 cm³/mol. The van der Waals surface area contributed by atoms with E-state index >= 15 is 0 Å². The van der Waals surface area contributed by atoms with Gasteiger partial charge in [0.15, 0.2) is 4.90 Å². The number of ether oxygens (including phenoxy) is 2. The van der Waals surface area contributed by atoms with E-state index in [0.717, 1.165) is 11.5 Å². The summed E-state index contributed by atoms with van der Waals surface area (Å²) in [6, 6.07) is 10.5. The quantitative estimate of drug-likeness (QED) is 0.796. The summed E-state index contributed by atoms with van der Waals surface area (Å²) in [6.07, 6.45) is 2.71. The van der Waals surface area contributed by atoms with Crippen molar-refractivity contribution in [3.8, 4) is 11.5 Å². The summed E-state index contributed by atoms with van der Waals surface area (Å²) in [4.78, 5) is 1.45. The first kappa shape index (κ1) is 12.7. The molecule has 0 aliphatic carbocycles. The summed E-state index contributed by atoms with van der Waals surface area (Å²) in [5, 5.41) is 2.41. The Morgan fingerprint density at radius 1 is 0.895 bits per heavy atom. The van der Waals surface area contributed by atoms with E-state index in [-0.39, 0.29) is 0 Å². The Morgan fingerprint density at radius 3 is 2.32 bits per heavy atom. The normalized spacial score (nSPS) is 15.9. The molecule has 1 saturated heterocycles. The zero-order chi connectivity index (χ0) is 13.2. The third kappa shape index (κ3) is 2.16. The maximum atomic E-state index is 5.58. The van der Waals surface area contributed by atoms with Gasteiger partial charge in [-0.2, -0.15) is 0 Å². The van der Waals surface area contributed by atoms with Crippen LogP contribution >= 0.6 is 0 Å². The Balaban J connectivity index is 2.26. The smallest absolute Gasteiger partial charge is 0.166 e.